The topological polar surface area (TPSA) is 9.23 Å². The van der Waals surface area contributed by atoms with Crippen molar-refractivity contribution in [3.63, 3.8) is 0 Å². The highest BCUT2D eigenvalue weighted by atomic mass is 35.5. The largest absolute Gasteiger partial charge is 0.493 e. The van der Waals surface area contributed by atoms with Gasteiger partial charge in [0, 0.05) is 5.88 Å². The van der Waals surface area contributed by atoms with E-state index in [1.54, 1.807) is 0 Å². The van der Waals surface area contributed by atoms with Crippen LogP contribution < -0.4 is 4.74 Å². The first-order chi connectivity index (χ1) is 7.63. The van der Waals surface area contributed by atoms with E-state index in [-0.39, 0.29) is 5.41 Å². The molecule has 0 fully saturated rings. The van der Waals surface area contributed by atoms with Crippen LogP contribution in [0.2, 0.25) is 0 Å². The fourth-order valence-electron chi connectivity index (χ4n) is 2.16. The third-order valence-electron chi connectivity index (χ3n) is 3.41. The monoisotopic (exact) mass is 238 g/mol. The van der Waals surface area contributed by atoms with Gasteiger partial charge in [-0.1, -0.05) is 26.0 Å². The van der Waals surface area contributed by atoms with Crippen LogP contribution in [0.3, 0.4) is 0 Å². The lowest BCUT2D eigenvalue weighted by Crippen LogP contribution is -2.19. The van der Waals surface area contributed by atoms with E-state index in [9.17, 15) is 0 Å². The van der Waals surface area contributed by atoms with Gasteiger partial charge < -0.3 is 4.74 Å². The van der Waals surface area contributed by atoms with Crippen molar-refractivity contribution in [3.8, 4) is 5.75 Å². The number of hydrogen-bond donors (Lipinski definition) is 0. The maximum atomic E-state index is 5.85. The SMILES string of the molecule is CC(C)(CCCl)c1ccc2c(c1)CCCO2. The number of aryl methyl sites for hydroxylation is 1. The highest BCUT2D eigenvalue weighted by molar-refractivity contribution is 6.17. The van der Waals surface area contributed by atoms with Crippen LogP contribution in [0, 0.1) is 0 Å². The maximum Gasteiger partial charge on any atom is 0.122 e. The predicted octanol–water partition coefficient (Wildman–Crippen LogP) is 3.92. The normalized spacial score (nSPS) is 15.4. The molecule has 2 heteroatoms. The van der Waals surface area contributed by atoms with E-state index in [0.717, 1.165) is 31.6 Å². The molecule has 0 bridgehead atoms. The summed E-state index contributed by atoms with van der Waals surface area (Å²) in [6.07, 6.45) is 3.28. The summed E-state index contributed by atoms with van der Waals surface area (Å²) < 4.78 is 5.63. The second-order valence-electron chi connectivity index (χ2n) is 5.10. The maximum absolute atomic E-state index is 5.85. The fourth-order valence-corrected chi connectivity index (χ4v) is 2.63. The van der Waals surface area contributed by atoms with Gasteiger partial charge in [-0.2, -0.15) is 0 Å². The zero-order chi connectivity index (χ0) is 11.6. The van der Waals surface area contributed by atoms with E-state index >= 15 is 0 Å². The number of alkyl halides is 1. The first-order valence-electron chi connectivity index (χ1n) is 5.96. The molecule has 1 nitrogen and oxygen atoms in total. The Morgan fingerprint density at radius 1 is 1.38 bits per heavy atom. The lowest BCUT2D eigenvalue weighted by atomic mass is 9.81. The van der Waals surface area contributed by atoms with Gasteiger partial charge in [0.2, 0.25) is 0 Å². The number of hydrogen-bond acceptors (Lipinski definition) is 1. The van der Waals surface area contributed by atoms with Gasteiger partial charge in [0.1, 0.15) is 5.75 Å². The summed E-state index contributed by atoms with van der Waals surface area (Å²) in [6.45, 7) is 5.36. The highest BCUT2D eigenvalue weighted by Crippen LogP contribution is 2.33. The van der Waals surface area contributed by atoms with E-state index < -0.39 is 0 Å². The molecule has 1 heterocycles. The average Bonchev–Trinajstić information content (AvgIpc) is 2.28. The number of rotatable bonds is 3. The quantitative estimate of drug-likeness (QED) is 0.726. The zero-order valence-corrected chi connectivity index (χ0v) is 10.8. The van der Waals surface area contributed by atoms with Crippen LogP contribution in [0.4, 0.5) is 0 Å². The van der Waals surface area contributed by atoms with Crippen molar-refractivity contribution in [2.24, 2.45) is 0 Å². The molecule has 1 aliphatic rings. The van der Waals surface area contributed by atoms with Crippen LogP contribution >= 0.6 is 11.6 Å². The third-order valence-corrected chi connectivity index (χ3v) is 3.60. The Morgan fingerprint density at radius 2 is 2.19 bits per heavy atom. The van der Waals surface area contributed by atoms with Gasteiger partial charge in [-0.25, -0.2) is 0 Å². The molecule has 0 spiro atoms. The molecule has 1 aromatic rings. The standard InChI is InChI=1S/C14H19ClO/c1-14(2,7-8-15)12-5-6-13-11(10-12)4-3-9-16-13/h5-6,10H,3-4,7-9H2,1-2H3. The summed E-state index contributed by atoms with van der Waals surface area (Å²) in [5, 5.41) is 0. The minimum Gasteiger partial charge on any atom is -0.493 e. The molecule has 16 heavy (non-hydrogen) atoms. The molecule has 1 aromatic carbocycles. The number of halogens is 1. The first kappa shape index (κ1) is 11.8. The number of ether oxygens (including phenoxy) is 1. The summed E-state index contributed by atoms with van der Waals surface area (Å²) in [5.74, 6) is 1.78. The summed E-state index contributed by atoms with van der Waals surface area (Å²) in [7, 11) is 0. The van der Waals surface area contributed by atoms with Crippen LogP contribution in [0.25, 0.3) is 0 Å². The van der Waals surface area contributed by atoms with Gasteiger partial charge in [-0.15, -0.1) is 11.6 Å². The molecule has 0 aromatic heterocycles. The van der Waals surface area contributed by atoms with Gasteiger partial charge in [0.05, 0.1) is 6.61 Å². The summed E-state index contributed by atoms with van der Waals surface area (Å²) in [4.78, 5) is 0. The second kappa shape index (κ2) is 4.67. The van der Waals surface area contributed by atoms with Crippen molar-refractivity contribution in [2.45, 2.75) is 38.5 Å². The molecule has 0 N–H and O–H groups in total. The van der Waals surface area contributed by atoms with Crippen molar-refractivity contribution in [2.75, 3.05) is 12.5 Å². The van der Waals surface area contributed by atoms with Crippen molar-refractivity contribution in [3.05, 3.63) is 29.3 Å². The van der Waals surface area contributed by atoms with E-state index in [0.29, 0.717) is 5.88 Å². The summed E-state index contributed by atoms with van der Waals surface area (Å²) >= 11 is 5.85. The van der Waals surface area contributed by atoms with Crippen LogP contribution in [-0.2, 0) is 11.8 Å². The van der Waals surface area contributed by atoms with E-state index in [1.807, 2.05) is 0 Å². The second-order valence-corrected chi connectivity index (χ2v) is 5.48. The first-order valence-corrected chi connectivity index (χ1v) is 6.49. The molecule has 88 valence electrons. The molecule has 0 aliphatic carbocycles. The third kappa shape index (κ3) is 2.35. The molecule has 2 rings (SSSR count). The van der Waals surface area contributed by atoms with Crippen LogP contribution in [0.15, 0.2) is 18.2 Å². The number of fused-ring (bicyclic) bond motifs is 1. The number of benzene rings is 1. The van der Waals surface area contributed by atoms with Gasteiger partial charge in [-0.3, -0.25) is 0 Å². The van der Waals surface area contributed by atoms with Crippen molar-refractivity contribution in [1.82, 2.24) is 0 Å². The smallest absolute Gasteiger partial charge is 0.122 e. The van der Waals surface area contributed by atoms with Gasteiger partial charge in [-0.05, 0) is 41.9 Å². The highest BCUT2D eigenvalue weighted by Gasteiger charge is 2.21. The molecule has 0 saturated heterocycles. The Kier molecular flexibility index (Phi) is 3.44. The van der Waals surface area contributed by atoms with Gasteiger partial charge >= 0.3 is 0 Å². The van der Waals surface area contributed by atoms with E-state index in [2.05, 4.69) is 32.0 Å². The molecule has 0 saturated carbocycles. The Hall–Kier alpha value is -0.690. The van der Waals surface area contributed by atoms with E-state index in [1.165, 1.54) is 11.1 Å². The minimum absolute atomic E-state index is 0.161. The van der Waals surface area contributed by atoms with Gasteiger partial charge in [0.15, 0.2) is 0 Å². The minimum atomic E-state index is 0.161. The zero-order valence-electron chi connectivity index (χ0n) is 10.1. The van der Waals surface area contributed by atoms with Crippen molar-refractivity contribution >= 4 is 11.6 Å². The predicted molar refractivity (Wildman–Crippen MR) is 68.6 cm³/mol. The lowest BCUT2D eigenvalue weighted by Gasteiger charge is -2.26. The summed E-state index contributed by atoms with van der Waals surface area (Å²) in [5.41, 5.74) is 2.89. The Labute approximate surface area is 103 Å². The van der Waals surface area contributed by atoms with Crippen LogP contribution in [-0.4, -0.2) is 12.5 Å². The molecule has 0 atom stereocenters. The van der Waals surface area contributed by atoms with Crippen molar-refractivity contribution in [1.29, 1.82) is 0 Å². The fraction of sp³-hybridized carbons (Fsp3) is 0.571. The lowest BCUT2D eigenvalue weighted by molar-refractivity contribution is 0.288. The average molecular weight is 239 g/mol. The molecule has 0 radical (unpaired) electrons. The molecular weight excluding hydrogens is 220 g/mol. The molecule has 0 unspecified atom stereocenters. The molecule has 1 aliphatic heterocycles. The van der Waals surface area contributed by atoms with E-state index in [4.69, 9.17) is 16.3 Å². The molecule has 0 amide bonds. The Bertz CT molecular complexity index is 371. The Morgan fingerprint density at radius 3 is 2.94 bits per heavy atom. The van der Waals surface area contributed by atoms with Crippen LogP contribution in [0.5, 0.6) is 5.75 Å². The van der Waals surface area contributed by atoms with Crippen LogP contribution in [0.1, 0.15) is 37.8 Å². The molecular formula is C14H19ClO. The van der Waals surface area contributed by atoms with Crippen molar-refractivity contribution < 1.29 is 4.74 Å². The van der Waals surface area contributed by atoms with Gasteiger partial charge in [0.25, 0.3) is 0 Å². The Balaban J connectivity index is 2.29. The summed E-state index contributed by atoms with van der Waals surface area (Å²) in [6, 6.07) is 6.58.